The summed E-state index contributed by atoms with van der Waals surface area (Å²) < 4.78 is 0. The van der Waals surface area contributed by atoms with E-state index in [2.05, 4.69) is 4.99 Å². The van der Waals surface area contributed by atoms with Crippen molar-refractivity contribution in [2.45, 2.75) is 38.4 Å². The normalized spacial score (nSPS) is 27.3. The maximum Gasteiger partial charge on any atom is 0.139 e. The number of benzene rings is 1. The maximum atomic E-state index is 12.4. The lowest BCUT2D eigenvalue weighted by Crippen LogP contribution is -2.50. The molecule has 0 aromatic heterocycles. The van der Waals surface area contributed by atoms with Crippen LogP contribution in [0.1, 0.15) is 32.8 Å². The quantitative estimate of drug-likeness (QED) is 0.888. The molecule has 0 fully saturated rings. The summed E-state index contributed by atoms with van der Waals surface area (Å²) >= 11 is 0. The van der Waals surface area contributed by atoms with Gasteiger partial charge in [-0.25, -0.2) is 0 Å². The van der Waals surface area contributed by atoms with Crippen LogP contribution in [0.2, 0.25) is 0 Å². The molecule has 1 N–H and O–H groups in total. The second-order valence-electron chi connectivity index (χ2n) is 5.37. The third-order valence-corrected chi connectivity index (χ3v) is 3.51. The van der Waals surface area contributed by atoms with Crippen LogP contribution >= 0.6 is 0 Å². The molecule has 1 heterocycles. The van der Waals surface area contributed by atoms with Gasteiger partial charge < -0.3 is 5.11 Å². The zero-order valence-corrected chi connectivity index (χ0v) is 11.1. The molecule has 0 saturated carbocycles. The van der Waals surface area contributed by atoms with E-state index in [4.69, 9.17) is 5.11 Å². The first-order valence-electron chi connectivity index (χ1n) is 6.16. The van der Waals surface area contributed by atoms with Crippen molar-refractivity contribution in [3.63, 3.8) is 0 Å². The Labute approximate surface area is 108 Å². The average molecular weight is 247 g/mol. The first-order valence-corrected chi connectivity index (χ1v) is 6.16. The number of hydroxylamine groups is 2. The molecule has 1 radical (unpaired) electrons. The van der Waals surface area contributed by atoms with E-state index in [-0.39, 0.29) is 6.61 Å². The topological polar surface area (TPSA) is 55.7 Å². The van der Waals surface area contributed by atoms with Gasteiger partial charge >= 0.3 is 0 Å². The molecule has 4 heteroatoms. The summed E-state index contributed by atoms with van der Waals surface area (Å²) in [6.45, 7) is 5.47. The molecule has 0 amide bonds. The Morgan fingerprint density at radius 1 is 1.22 bits per heavy atom. The first kappa shape index (κ1) is 13.2. The van der Waals surface area contributed by atoms with E-state index < -0.39 is 11.2 Å². The minimum absolute atomic E-state index is 0.0448. The van der Waals surface area contributed by atoms with Crippen molar-refractivity contribution < 1.29 is 10.3 Å². The summed E-state index contributed by atoms with van der Waals surface area (Å²) in [4.78, 5) is 4.58. The van der Waals surface area contributed by atoms with Crippen LogP contribution in [-0.4, -0.2) is 33.7 Å². The molecular formula is C14H19N2O2. The zero-order valence-electron chi connectivity index (χ0n) is 11.1. The summed E-state index contributed by atoms with van der Waals surface area (Å²) in [6, 6.07) is 9.72. The minimum Gasteiger partial charge on any atom is -0.396 e. The Hall–Kier alpha value is -1.23. The number of aliphatic hydroxyl groups excluding tert-OH is 1. The Kier molecular flexibility index (Phi) is 3.27. The van der Waals surface area contributed by atoms with Gasteiger partial charge in [0.15, 0.2) is 0 Å². The summed E-state index contributed by atoms with van der Waals surface area (Å²) in [5.74, 6) is 0. The molecule has 0 saturated heterocycles. The van der Waals surface area contributed by atoms with Crippen LogP contribution in [0.3, 0.4) is 0 Å². The Balaban J connectivity index is 2.46. The zero-order chi connectivity index (χ0) is 13.4. The van der Waals surface area contributed by atoms with Gasteiger partial charge in [0.1, 0.15) is 5.66 Å². The largest absolute Gasteiger partial charge is 0.396 e. The van der Waals surface area contributed by atoms with Crippen LogP contribution in [-0.2, 0) is 5.21 Å². The van der Waals surface area contributed by atoms with E-state index in [1.807, 2.05) is 44.2 Å². The van der Waals surface area contributed by atoms with E-state index in [0.717, 1.165) is 16.3 Å². The summed E-state index contributed by atoms with van der Waals surface area (Å²) in [7, 11) is 0. The van der Waals surface area contributed by atoms with Crippen LogP contribution in [0, 0.1) is 0 Å². The second-order valence-corrected chi connectivity index (χ2v) is 5.37. The molecular weight excluding hydrogens is 228 g/mol. The molecule has 97 valence electrons. The van der Waals surface area contributed by atoms with E-state index in [0.29, 0.717) is 6.42 Å². The minimum atomic E-state index is -0.872. The van der Waals surface area contributed by atoms with Crippen molar-refractivity contribution in [3.8, 4) is 0 Å². The van der Waals surface area contributed by atoms with Crippen molar-refractivity contribution in [1.29, 1.82) is 0 Å². The maximum absolute atomic E-state index is 12.4. The third-order valence-electron chi connectivity index (χ3n) is 3.51. The predicted molar refractivity (Wildman–Crippen MR) is 69.7 cm³/mol. The lowest BCUT2D eigenvalue weighted by Gasteiger charge is -2.33. The van der Waals surface area contributed by atoms with Crippen LogP contribution in [0.15, 0.2) is 35.3 Å². The molecule has 2 rings (SSSR count). The molecule has 0 spiro atoms. The van der Waals surface area contributed by atoms with E-state index in [1.165, 1.54) is 0 Å². The van der Waals surface area contributed by atoms with Gasteiger partial charge in [0.25, 0.3) is 0 Å². The highest BCUT2D eigenvalue weighted by Crippen LogP contribution is 2.37. The van der Waals surface area contributed by atoms with Gasteiger partial charge in [0.2, 0.25) is 0 Å². The number of hydrogen-bond acceptors (Lipinski definition) is 3. The van der Waals surface area contributed by atoms with Crippen molar-refractivity contribution in [3.05, 3.63) is 35.9 Å². The molecule has 0 aliphatic carbocycles. The molecule has 1 unspecified atom stereocenters. The van der Waals surface area contributed by atoms with Crippen LogP contribution in [0.4, 0.5) is 0 Å². The molecule has 4 nitrogen and oxygen atoms in total. The fourth-order valence-corrected chi connectivity index (χ4v) is 2.50. The number of aliphatic imine (C=N–C) groups is 1. The van der Waals surface area contributed by atoms with Crippen LogP contribution < -0.4 is 0 Å². The smallest absolute Gasteiger partial charge is 0.139 e. The van der Waals surface area contributed by atoms with Gasteiger partial charge in [-0.05, 0) is 26.3 Å². The van der Waals surface area contributed by atoms with E-state index in [9.17, 15) is 5.21 Å². The molecule has 1 atom stereocenters. The SMILES string of the molecule is CC1(CCO)N=C(c2ccccc2)C(C)(C)N1[O]. The van der Waals surface area contributed by atoms with Gasteiger partial charge in [-0.1, -0.05) is 30.3 Å². The highest BCUT2D eigenvalue weighted by Gasteiger charge is 2.50. The second kappa shape index (κ2) is 4.46. The van der Waals surface area contributed by atoms with Crippen LogP contribution in [0.25, 0.3) is 0 Å². The van der Waals surface area contributed by atoms with Crippen molar-refractivity contribution >= 4 is 5.71 Å². The highest BCUT2D eigenvalue weighted by molar-refractivity contribution is 6.08. The van der Waals surface area contributed by atoms with Crippen molar-refractivity contribution in [2.24, 2.45) is 4.99 Å². The van der Waals surface area contributed by atoms with Crippen LogP contribution in [0.5, 0.6) is 0 Å². The number of nitrogens with zero attached hydrogens (tertiary/aromatic N) is 2. The van der Waals surface area contributed by atoms with Gasteiger partial charge in [-0.3, -0.25) is 4.99 Å². The van der Waals surface area contributed by atoms with Crippen molar-refractivity contribution in [2.75, 3.05) is 6.61 Å². The molecule has 18 heavy (non-hydrogen) atoms. The monoisotopic (exact) mass is 247 g/mol. The fraction of sp³-hybridized carbons (Fsp3) is 0.500. The van der Waals surface area contributed by atoms with Gasteiger partial charge in [0.05, 0.1) is 11.3 Å². The number of hydrogen-bond donors (Lipinski definition) is 1. The fourth-order valence-electron chi connectivity index (χ4n) is 2.50. The lowest BCUT2D eigenvalue weighted by molar-refractivity contribution is -0.248. The molecule has 1 aliphatic heterocycles. The van der Waals surface area contributed by atoms with Gasteiger partial charge in [-0.2, -0.15) is 0 Å². The molecule has 0 bridgehead atoms. The lowest BCUT2D eigenvalue weighted by atomic mass is 9.92. The number of rotatable bonds is 3. The molecule has 1 aliphatic rings. The Morgan fingerprint density at radius 2 is 1.83 bits per heavy atom. The van der Waals surface area contributed by atoms with Gasteiger partial charge in [-0.15, -0.1) is 10.3 Å². The van der Waals surface area contributed by atoms with Crippen molar-refractivity contribution in [1.82, 2.24) is 5.06 Å². The summed E-state index contributed by atoms with van der Waals surface area (Å²) in [5, 5.41) is 22.5. The predicted octanol–water partition coefficient (Wildman–Crippen LogP) is 2.01. The third kappa shape index (κ3) is 1.96. The average Bonchev–Trinajstić information content (AvgIpc) is 2.52. The number of aliphatic hydroxyl groups is 1. The summed E-state index contributed by atoms with van der Waals surface area (Å²) in [5.41, 5.74) is 0.202. The Morgan fingerprint density at radius 3 is 2.39 bits per heavy atom. The molecule has 1 aromatic rings. The molecule has 1 aromatic carbocycles. The standard InChI is InChI=1S/C14H19N2O2/c1-13(2)12(11-7-5-4-6-8-11)15-14(3,9-10-17)16(13)18/h4-8,17H,9-10H2,1-3H3. The van der Waals surface area contributed by atoms with E-state index in [1.54, 1.807) is 6.92 Å². The Bertz CT molecular complexity index is 456. The van der Waals surface area contributed by atoms with Gasteiger partial charge in [0, 0.05) is 13.0 Å². The van der Waals surface area contributed by atoms with E-state index >= 15 is 0 Å². The first-order chi connectivity index (χ1) is 8.42. The highest BCUT2D eigenvalue weighted by atomic mass is 16.5. The summed E-state index contributed by atoms with van der Waals surface area (Å²) in [6.07, 6.45) is 0.344.